The van der Waals surface area contributed by atoms with E-state index < -0.39 is 0 Å². The first kappa shape index (κ1) is 9.87. The van der Waals surface area contributed by atoms with Gasteiger partial charge in [0.25, 0.3) is 5.56 Å². The zero-order valence-corrected chi connectivity index (χ0v) is 9.57. The van der Waals surface area contributed by atoms with Crippen LogP contribution in [0.1, 0.15) is 37.9 Å². The van der Waals surface area contributed by atoms with Gasteiger partial charge in [0.2, 0.25) is 0 Å². The minimum atomic E-state index is -0.00791. The lowest BCUT2D eigenvalue weighted by Crippen LogP contribution is -2.23. The smallest absolute Gasteiger partial charge is 0.252 e. The Hall–Kier alpha value is -1.32. The second-order valence-corrected chi connectivity index (χ2v) is 5.10. The van der Waals surface area contributed by atoms with E-state index in [2.05, 4.69) is 21.8 Å². The number of hydrogen-bond acceptors (Lipinski definition) is 3. The molecule has 2 heterocycles. The van der Waals surface area contributed by atoms with Crippen molar-refractivity contribution < 1.29 is 0 Å². The Kier molecular flexibility index (Phi) is 2.23. The summed E-state index contributed by atoms with van der Waals surface area (Å²) >= 11 is 0. The summed E-state index contributed by atoms with van der Waals surface area (Å²) in [6, 6.07) is 1.63. The van der Waals surface area contributed by atoms with Crippen molar-refractivity contribution in [2.75, 3.05) is 18.0 Å². The number of nitrogens with one attached hydrogen (secondary N) is 1. The maximum atomic E-state index is 11.6. The van der Waals surface area contributed by atoms with Crippen molar-refractivity contribution in [2.24, 2.45) is 5.92 Å². The third-order valence-corrected chi connectivity index (χ3v) is 3.46. The quantitative estimate of drug-likeness (QED) is 0.820. The summed E-state index contributed by atoms with van der Waals surface area (Å²) < 4.78 is 0. The Morgan fingerprint density at radius 1 is 1.44 bits per heavy atom. The van der Waals surface area contributed by atoms with Crippen LogP contribution in [0.5, 0.6) is 0 Å². The van der Waals surface area contributed by atoms with Gasteiger partial charge in [0, 0.05) is 25.1 Å². The number of rotatable bonds is 2. The van der Waals surface area contributed by atoms with Crippen molar-refractivity contribution in [3.8, 4) is 0 Å². The highest BCUT2D eigenvalue weighted by molar-refractivity contribution is 5.39. The number of anilines is 1. The second kappa shape index (κ2) is 3.61. The molecule has 1 saturated carbocycles. The van der Waals surface area contributed by atoms with Gasteiger partial charge in [-0.15, -0.1) is 0 Å². The first-order valence-corrected chi connectivity index (χ1v) is 6.08. The van der Waals surface area contributed by atoms with Crippen molar-refractivity contribution in [2.45, 2.75) is 32.1 Å². The van der Waals surface area contributed by atoms with Crippen LogP contribution in [0.25, 0.3) is 0 Å². The third-order valence-electron chi connectivity index (χ3n) is 3.46. The second-order valence-electron chi connectivity index (χ2n) is 5.10. The van der Waals surface area contributed by atoms with Crippen molar-refractivity contribution in [3.63, 3.8) is 0 Å². The number of hydrogen-bond donors (Lipinski definition) is 1. The van der Waals surface area contributed by atoms with Gasteiger partial charge >= 0.3 is 0 Å². The van der Waals surface area contributed by atoms with Crippen molar-refractivity contribution >= 4 is 5.82 Å². The number of aromatic nitrogens is 2. The lowest BCUT2D eigenvalue weighted by Gasteiger charge is -2.17. The zero-order chi connectivity index (χ0) is 11.1. The van der Waals surface area contributed by atoms with Gasteiger partial charge in [-0.25, -0.2) is 4.98 Å². The van der Waals surface area contributed by atoms with Gasteiger partial charge in [0.15, 0.2) is 0 Å². The Morgan fingerprint density at radius 2 is 2.25 bits per heavy atom. The van der Waals surface area contributed by atoms with Crippen LogP contribution in [-0.2, 0) is 0 Å². The van der Waals surface area contributed by atoms with Gasteiger partial charge in [-0.05, 0) is 25.2 Å². The molecular weight excluding hydrogens is 202 g/mol. The van der Waals surface area contributed by atoms with E-state index in [4.69, 9.17) is 0 Å². The van der Waals surface area contributed by atoms with E-state index in [-0.39, 0.29) is 5.56 Å². The lowest BCUT2D eigenvalue weighted by molar-refractivity contribution is 0.658. The Balaban J connectivity index is 1.91. The standard InChI is InChI=1S/C12H17N3O/c1-8-4-5-15(7-8)10-6-11(16)14-12(13-10)9-2-3-9/h6,8-9H,2-5,7H2,1H3,(H,13,14,16). The fourth-order valence-electron chi connectivity index (χ4n) is 2.32. The normalized spacial score (nSPS) is 25.1. The summed E-state index contributed by atoms with van der Waals surface area (Å²) in [5.41, 5.74) is -0.00791. The zero-order valence-electron chi connectivity index (χ0n) is 9.57. The van der Waals surface area contributed by atoms with Crippen LogP contribution in [0.15, 0.2) is 10.9 Å². The molecule has 16 heavy (non-hydrogen) atoms. The summed E-state index contributed by atoms with van der Waals surface area (Å²) in [6.07, 6.45) is 3.54. The van der Waals surface area contributed by atoms with Crippen LogP contribution in [0.3, 0.4) is 0 Å². The SMILES string of the molecule is CC1CCN(c2cc(=O)[nH]c(C3CC3)n2)C1. The van der Waals surface area contributed by atoms with Crippen LogP contribution in [-0.4, -0.2) is 23.1 Å². The minimum Gasteiger partial charge on any atom is -0.356 e. The van der Waals surface area contributed by atoms with E-state index in [9.17, 15) is 4.79 Å². The molecule has 4 nitrogen and oxygen atoms in total. The van der Waals surface area contributed by atoms with Gasteiger partial charge < -0.3 is 9.88 Å². The molecular formula is C12H17N3O. The molecule has 1 saturated heterocycles. The Labute approximate surface area is 94.7 Å². The number of nitrogens with zero attached hydrogens (tertiary/aromatic N) is 2. The van der Waals surface area contributed by atoms with E-state index in [0.717, 1.165) is 24.7 Å². The van der Waals surface area contributed by atoms with Gasteiger partial charge in [-0.1, -0.05) is 6.92 Å². The molecule has 1 unspecified atom stereocenters. The van der Waals surface area contributed by atoms with Crippen LogP contribution in [0, 0.1) is 5.92 Å². The van der Waals surface area contributed by atoms with Gasteiger partial charge in [0.1, 0.15) is 11.6 Å². The molecule has 0 radical (unpaired) electrons. The van der Waals surface area contributed by atoms with Crippen molar-refractivity contribution in [1.29, 1.82) is 0 Å². The highest BCUT2D eigenvalue weighted by Crippen LogP contribution is 2.38. The van der Waals surface area contributed by atoms with Crippen molar-refractivity contribution in [3.05, 3.63) is 22.2 Å². The molecule has 2 fully saturated rings. The molecule has 0 bridgehead atoms. The fourth-order valence-corrected chi connectivity index (χ4v) is 2.32. The van der Waals surface area contributed by atoms with E-state index >= 15 is 0 Å². The molecule has 0 spiro atoms. The molecule has 2 aliphatic rings. The molecule has 0 amide bonds. The molecule has 1 aliphatic heterocycles. The first-order chi connectivity index (χ1) is 7.72. The maximum absolute atomic E-state index is 11.6. The summed E-state index contributed by atoms with van der Waals surface area (Å²) in [5.74, 6) is 2.98. The maximum Gasteiger partial charge on any atom is 0.252 e. The highest BCUT2D eigenvalue weighted by Gasteiger charge is 2.28. The summed E-state index contributed by atoms with van der Waals surface area (Å²) in [5, 5.41) is 0. The Bertz CT molecular complexity index is 450. The predicted molar refractivity (Wildman–Crippen MR) is 62.8 cm³/mol. The molecule has 1 atom stereocenters. The average molecular weight is 219 g/mol. The van der Waals surface area contributed by atoms with E-state index in [0.29, 0.717) is 11.8 Å². The topological polar surface area (TPSA) is 49.0 Å². The predicted octanol–water partition coefficient (Wildman–Crippen LogP) is 1.49. The van der Waals surface area contributed by atoms with Gasteiger partial charge in [-0.3, -0.25) is 4.79 Å². The van der Waals surface area contributed by atoms with Crippen LogP contribution < -0.4 is 10.5 Å². The van der Waals surface area contributed by atoms with E-state index in [1.54, 1.807) is 6.07 Å². The fraction of sp³-hybridized carbons (Fsp3) is 0.667. The third kappa shape index (κ3) is 1.84. The highest BCUT2D eigenvalue weighted by atomic mass is 16.1. The molecule has 4 heteroatoms. The minimum absolute atomic E-state index is 0.00791. The van der Waals surface area contributed by atoms with E-state index in [1.165, 1.54) is 19.3 Å². The average Bonchev–Trinajstić information content (AvgIpc) is 3.01. The van der Waals surface area contributed by atoms with Crippen LogP contribution in [0.4, 0.5) is 5.82 Å². The van der Waals surface area contributed by atoms with Gasteiger partial charge in [0.05, 0.1) is 0 Å². The number of H-pyrrole nitrogens is 1. The molecule has 86 valence electrons. The largest absolute Gasteiger partial charge is 0.356 e. The molecule has 1 aromatic rings. The van der Waals surface area contributed by atoms with Crippen LogP contribution >= 0.6 is 0 Å². The molecule has 3 rings (SSSR count). The summed E-state index contributed by atoms with van der Waals surface area (Å²) in [7, 11) is 0. The van der Waals surface area contributed by atoms with Crippen LogP contribution in [0.2, 0.25) is 0 Å². The first-order valence-electron chi connectivity index (χ1n) is 6.08. The lowest BCUT2D eigenvalue weighted by atomic mass is 10.2. The monoisotopic (exact) mass is 219 g/mol. The van der Waals surface area contributed by atoms with Crippen molar-refractivity contribution in [1.82, 2.24) is 9.97 Å². The molecule has 1 N–H and O–H groups in total. The summed E-state index contributed by atoms with van der Waals surface area (Å²) in [4.78, 5) is 21.2. The van der Waals surface area contributed by atoms with Gasteiger partial charge in [-0.2, -0.15) is 0 Å². The van der Waals surface area contributed by atoms with E-state index in [1.807, 2.05) is 0 Å². The molecule has 0 aromatic carbocycles. The molecule has 1 aromatic heterocycles. The summed E-state index contributed by atoms with van der Waals surface area (Å²) in [6.45, 7) is 4.30. The molecule has 1 aliphatic carbocycles. The number of aromatic amines is 1. The Morgan fingerprint density at radius 3 is 2.88 bits per heavy atom.